The first-order chi connectivity index (χ1) is 12.6. The lowest BCUT2D eigenvalue weighted by Gasteiger charge is -2.13. The van der Waals surface area contributed by atoms with Crippen LogP contribution in [0.25, 0.3) is 5.82 Å². The number of fused-ring (bicyclic) bond motifs is 1. The molecule has 0 spiro atoms. The minimum Gasteiger partial charge on any atom is -0.323 e. The molecule has 3 aromatic rings. The molecule has 4 rings (SSSR count). The van der Waals surface area contributed by atoms with Crippen LogP contribution < -0.4 is 5.32 Å². The number of aromatic nitrogens is 3. The minimum atomic E-state index is -0.475. The number of nitrogens with one attached hydrogen (secondary N) is 1. The van der Waals surface area contributed by atoms with Crippen molar-refractivity contribution in [1.29, 1.82) is 0 Å². The Morgan fingerprint density at radius 3 is 2.35 bits per heavy atom. The Morgan fingerprint density at radius 1 is 1.04 bits per heavy atom. The lowest BCUT2D eigenvalue weighted by molar-refractivity contribution is -0.116. The van der Waals surface area contributed by atoms with Gasteiger partial charge in [0, 0.05) is 12.4 Å². The summed E-state index contributed by atoms with van der Waals surface area (Å²) in [6.45, 7) is -0.352. The third-order valence-corrected chi connectivity index (χ3v) is 3.98. The summed E-state index contributed by atoms with van der Waals surface area (Å²) >= 11 is 0. The first-order valence-electron chi connectivity index (χ1n) is 7.83. The maximum atomic E-state index is 12.3. The van der Waals surface area contributed by atoms with Crippen molar-refractivity contribution in [3.63, 3.8) is 0 Å². The molecule has 0 saturated heterocycles. The van der Waals surface area contributed by atoms with Gasteiger partial charge < -0.3 is 5.32 Å². The second-order valence-electron chi connectivity index (χ2n) is 5.67. The summed E-state index contributed by atoms with van der Waals surface area (Å²) in [6.07, 6.45) is 6.50. The van der Waals surface area contributed by atoms with Gasteiger partial charge in [-0.3, -0.25) is 23.9 Å². The molecule has 0 atom stereocenters. The molecule has 3 heterocycles. The van der Waals surface area contributed by atoms with Gasteiger partial charge in [-0.1, -0.05) is 12.1 Å². The van der Waals surface area contributed by atoms with Crippen molar-refractivity contribution >= 4 is 23.4 Å². The smallest absolute Gasteiger partial charge is 0.262 e. The summed E-state index contributed by atoms with van der Waals surface area (Å²) in [4.78, 5) is 45.9. The second kappa shape index (κ2) is 6.25. The average molecular weight is 347 g/mol. The normalized spacial score (nSPS) is 13.0. The number of imidazole rings is 1. The van der Waals surface area contributed by atoms with Crippen LogP contribution in [-0.4, -0.2) is 43.7 Å². The summed E-state index contributed by atoms with van der Waals surface area (Å²) in [7, 11) is 0. The standard InChI is InChI=1S/C18H13N5O3/c24-16(10-23-17(25)13-3-1-2-4-14(13)18(23)26)21-12-5-6-15(20-9-12)22-8-7-19-11-22/h1-9,11H,10H2,(H,21,24). The number of benzene rings is 1. The van der Waals surface area contributed by atoms with E-state index in [1.54, 1.807) is 59.7 Å². The van der Waals surface area contributed by atoms with E-state index in [-0.39, 0.29) is 6.54 Å². The van der Waals surface area contributed by atoms with E-state index in [0.29, 0.717) is 22.6 Å². The third kappa shape index (κ3) is 2.73. The topological polar surface area (TPSA) is 97.2 Å². The van der Waals surface area contributed by atoms with E-state index in [4.69, 9.17) is 0 Å². The highest BCUT2D eigenvalue weighted by atomic mass is 16.2. The number of pyridine rings is 1. The van der Waals surface area contributed by atoms with E-state index in [0.717, 1.165) is 4.90 Å². The number of anilines is 1. The van der Waals surface area contributed by atoms with Crippen molar-refractivity contribution < 1.29 is 14.4 Å². The second-order valence-corrected chi connectivity index (χ2v) is 5.67. The molecule has 0 radical (unpaired) electrons. The lowest BCUT2D eigenvalue weighted by atomic mass is 10.1. The fourth-order valence-corrected chi connectivity index (χ4v) is 2.73. The van der Waals surface area contributed by atoms with Crippen molar-refractivity contribution in [3.8, 4) is 5.82 Å². The van der Waals surface area contributed by atoms with Crippen LogP contribution in [0.15, 0.2) is 61.3 Å². The molecule has 1 aliphatic rings. The molecule has 0 fully saturated rings. The maximum absolute atomic E-state index is 12.3. The predicted molar refractivity (Wildman–Crippen MR) is 91.8 cm³/mol. The van der Waals surface area contributed by atoms with Crippen LogP contribution in [0, 0.1) is 0 Å². The maximum Gasteiger partial charge on any atom is 0.262 e. The number of imide groups is 1. The van der Waals surface area contributed by atoms with Crippen LogP contribution in [0.2, 0.25) is 0 Å². The van der Waals surface area contributed by atoms with E-state index in [1.807, 2.05) is 0 Å². The molecular weight excluding hydrogens is 334 g/mol. The number of carbonyl (C=O) groups is 3. The fourth-order valence-electron chi connectivity index (χ4n) is 2.73. The van der Waals surface area contributed by atoms with Gasteiger partial charge in [0.2, 0.25) is 5.91 Å². The molecule has 3 amide bonds. The molecule has 0 bridgehead atoms. The first-order valence-corrected chi connectivity index (χ1v) is 7.83. The SMILES string of the molecule is O=C(CN1C(=O)c2ccccc2C1=O)Nc1ccc(-n2ccnc2)nc1. The molecule has 1 aromatic carbocycles. The van der Waals surface area contributed by atoms with Crippen molar-refractivity contribution in [2.24, 2.45) is 0 Å². The van der Waals surface area contributed by atoms with Crippen LogP contribution in [-0.2, 0) is 4.79 Å². The van der Waals surface area contributed by atoms with E-state index in [1.165, 1.54) is 6.20 Å². The van der Waals surface area contributed by atoms with Gasteiger partial charge in [0.25, 0.3) is 11.8 Å². The zero-order valence-corrected chi connectivity index (χ0v) is 13.5. The van der Waals surface area contributed by atoms with Crippen LogP contribution in [0.1, 0.15) is 20.7 Å². The number of nitrogens with zero attached hydrogens (tertiary/aromatic N) is 4. The zero-order chi connectivity index (χ0) is 18.1. The van der Waals surface area contributed by atoms with E-state index in [9.17, 15) is 14.4 Å². The Morgan fingerprint density at radius 2 is 1.77 bits per heavy atom. The molecular formula is C18H13N5O3. The lowest BCUT2D eigenvalue weighted by Crippen LogP contribution is -2.37. The number of amides is 3. The minimum absolute atomic E-state index is 0.316. The highest BCUT2D eigenvalue weighted by molar-refractivity contribution is 6.22. The van der Waals surface area contributed by atoms with Gasteiger partial charge in [0.15, 0.2) is 0 Å². The van der Waals surface area contributed by atoms with Gasteiger partial charge in [0.05, 0.1) is 23.0 Å². The fraction of sp³-hybridized carbons (Fsp3) is 0.0556. The Hall–Kier alpha value is -3.81. The Kier molecular flexibility index (Phi) is 3.77. The molecule has 0 saturated carbocycles. The molecule has 2 aromatic heterocycles. The summed E-state index contributed by atoms with van der Waals surface area (Å²) < 4.78 is 1.73. The van der Waals surface area contributed by atoms with Gasteiger partial charge in [-0.05, 0) is 24.3 Å². The van der Waals surface area contributed by atoms with E-state index < -0.39 is 17.7 Å². The van der Waals surface area contributed by atoms with Crippen molar-refractivity contribution in [2.75, 3.05) is 11.9 Å². The van der Waals surface area contributed by atoms with Crippen LogP contribution in [0.5, 0.6) is 0 Å². The number of rotatable bonds is 4. The highest BCUT2D eigenvalue weighted by Crippen LogP contribution is 2.22. The molecule has 8 heteroatoms. The molecule has 1 N–H and O–H groups in total. The monoisotopic (exact) mass is 347 g/mol. The number of hydrogen-bond acceptors (Lipinski definition) is 5. The predicted octanol–water partition coefficient (Wildman–Crippen LogP) is 1.50. The Bertz CT molecular complexity index is 961. The van der Waals surface area contributed by atoms with Gasteiger partial charge in [-0.15, -0.1) is 0 Å². The average Bonchev–Trinajstić information content (AvgIpc) is 3.27. The Labute approximate surface area is 148 Å². The Balaban J connectivity index is 1.43. The van der Waals surface area contributed by atoms with E-state index >= 15 is 0 Å². The van der Waals surface area contributed by atoms with Gasteiger partial charge in [-0.25, -0.2) is 9.97 Å². The van der Waals surface area contributed by atoms with Gasteiger partial charge >= 0.3 is 0 Å². The number of hydrogen-bond donors (Lipinski definition) is 1. The van der Waals surface area contributed by atoms with Crippen molar-refractivity contribution in [3.05, 3.63) is 72.4 Å². The molecule has 1 aliphatic heterocycles. The largest absolute Gasteiger partial charge is 0.323 e. The van der Waals surface area contributed by atoms with Crippen LogP contribution in [0.4, 0.5) is 5.69 Å². The zero-order valence-electron chi connectivity index (χ0n) is 13.5. The number of carbonyl (C=O) groups excluding carboxylic acids is 3. The molecule has 8 nitrogen and oxygen atoms in total. The molecule has 0 unspecified atom stereocenters. The van der Waals surface area contributed by atoms with Crippen LogP contribution >= 0.6 is 0 Å². The summed E-state index contributed by atoms with van der Waals surface area (Å²) in [5, 5.41) is 2.64. The summed E-state index contributed by atoms with van der Waals surface area (Å²) in [5.41, 5.74) is 1.10. The van der Waals surface area contributed by atoms with Crippen LogP contribution in [0.3, 0.4) is 0 Å². The molecule has 0 aliphatic carbocycles. The van der Waals surface area contributed by atoms with Gasteiger partial charge in [-0.2, -0.15) is 0 Å². The highest BCUT2D eigenvalue weighted by Gasteiger charge is 2.36. The third-order valence-electron chi connectivity index (χ3n) is 3.98. The summed E-state index contributed by atoms with van der Waals surface area (Å²) in [5.74, 6) is -0.749. The molecule has 26 heavy (non-hydrogen) atoms. The molecule has 128 valence electrons. The first kappa shape index (κ1) is 15.7. The van der Waals surface area contributed by atoms with Gasteiger partial charge in [0.1, 0.15) is 18.7 Å². The van der Waals surface area contributed by atoms with Crippen molar-refractivity contribution in [2.45, 2.75) is 0 Å². The van der Waals surface area contributed by atoms with Crippen molar-refractivity contribution in [1.82, 2.24) is 19.4 Å². The van der Waals surface area contributed by atoms with E-state index in [2.05, 4.69) is 15.3 Å². The summed E-state index contributed by atoms with van der Waals surface area (Å²) in [6, 6.07) is 9.92. The quantitative estimate of drug-likeness (QED) is 0.722.